The number of nitrogens with zero attached hydrogens (tertiary/aromatic N) is 1. The first-order valence-corrected chi connectivity index (χ1v) is 10.0. The summed E-state index contributed by atoms with van der Waals surface area (Å²) in [7, 11) is 1.80. The molecule has 1 saturated carbocycles. The van der Waals surface area contributed by atoms with E-state index < -0.39 is 0 Å². The Hall–Kier alpha value is -1.52. The van der Waals surface area contributed by atoms with Crippen molar-refractivity contribution >= 4 is 17.7 Å². The molecule has 0 saturated heterocycles. The van der Waals surface area contributed by atoms with Crippen LogP contribution in [0.5, 0.6) is 5.75 Å². The molecule has 144 valence electrons. The van der Waals surface area contributed by atoms with Crippen molar-refractivity contribution in [2.45, 2.75) is 39.0 Å². The van der Waals surface area contributed by atoms with Crippen molar-refractivity contribution in [3.63, 3.8) is 0 Å². The van der Waals surface area contributed by atoms with Gasteiger partial charge in [0.1, 0.15) is 5.75 Å². The minimum absolute atomic E-state index is 0.313. The Morgan fingerprint density at radius 2 is 1.96 bits per heavy atom. The normalized spacial score (nSPS) is 20.3. The van der Waals surface area contributed by atoms with Crippen LogP contribution in [0.1, 0.15) is 39.0 Å². The molecule has 0 aromatic heterocycles. The molecule has 1 aromatic carbocycles. The fourth-order valence-electron chi connectivity index (χ4n) is 3.31. The summed E-state index contributed by atoms with van der Waals surface area (Å²) in [6.45, 7) is 4.85. The molecule has 5 heteroatoms. The van der Waals surface area contributed by atoms with Crippen LogP contribution in [0.4, 0.5) is 4.79 Å². The summed E-state index contributed by atoms with van der Waals surface area (Å²) in [5.41, 5.74) is 0. The van der Waals surface area contributed by atoms with E-state index in [1.165, 1.54) is 25.7 Å². The topological polar surface area (TPSA) is 41.6 Å². The first-order chi connectivity index (χ1) is 12.6. The lowest BCUT2D eigenvalue weighted by molar-refractivity contribution is 0.157. The highest BCUT2D eigenvalue weighted by Gasteiger charge is 2.21. The third-order valence-corrected chi connectivity index (χ3v) is 5.27. The highest BCUT2D eigenvalue weighted by molar-refractivity contribution is 6.30. The van der Waals surface area contributed by atoms with Crippen LogP contribution in [0.2, 0.25) is 5.02 Å². The quantitative estimate of drug-likeness (QED) is 0.503. The summed E-state index contributed by atoms with van der Waals surface area (Å²) in [5, 5.41) is 3.95. The van der Waals surface area contributed by atoms with E-state index in [9.17, 15) is 4.79 Å². The summed E-state index contributed by atoms with van der Waals surface area (Å²) < 4.78 is 5.37. The third-order valence-electron chi connectivity index (χ3n) is 5.02. The predicted octanol–water partition coefficient (Wildman–Crippen LogP) is 5.13. The Kier molecular flexibility index (Phi) is 8.99. The maximum Gasteiger partial charge on any atom is 0.414 e. The molecule has 0 spiro atoms. The minimum atomic E-state index is -0.313. The van der Waals surface area contributed by atoms with Gasteiger partial charge in [-0.2, -0.15) is 0 Å². The van der Waals surface area contributed by atoms with Crippen LogP contribution in [0.25, 0.3) is 0 Å². The number of rotatable bonds is 8. The van der Waals surface area contributed by atoms with Crippen molar-refractivity contribution in [3.8, 4) is 5.75 Å². The fourth-order valence-corrected chi connectivity index (χ4v) is 3.43. The van der Waals surface area contributed by atoms with E-state index in [0.717, 1.165) is 32.0 Å². The number of carbonyl (C=O) groups excluding carboxylic acids is 1. The van der Waals surface area contributed by atoms with Gasteiger partial charge < -0.3 is 15.0 Å². The lowest BCUT2D eigenvalue weighted by Gasteiger charge is -2.28. The molecule has 1 aliphatic carbocycles. The summed E-state index contributed by atoms with van der Waals surface area (Å²) in [4.78, 5) is 13.8. The van der Waals surface area contributed by atoms with Crippen LogP contribution in [-0.4, -0.2) is 37.7 Å². The van der Waals surface area contributed by atoms with Crippen LogP contribution in [0.15, 0.2) is 36.4 Å². The molecule has 0 heterocycles. The van der Waals surface area contributed by atoms with Crippen LogP contribution in [0, 0.1) is 11.8 Å². The average Bonchev–Trinajstić information content (AvgIpc) is 2.66. The van der Waals surface area contributed by atoms with E-state index in [1.807, 2.05) is 0 Å². The number of nitrogens with one attached hydrogen (secondary N) is 1. The Labute approximate surface area is 162 Å². The van der Waals surface area contributed by atoms with Gasteiger partial charge in [-0.3, -0.25) is 0 Å². The summed E-state index contributed by atoms with van der Waals surface area (Å²) in [6.07, 6.45) is 10.4. The third kappa shape index (κ3) is 7.38. The van der Waals surface area contributed by atoms with E-state index in [-0.39, 0.29) is 6.09 Å². The number of allylic oxidation sites excluding steroid dienone is 1. The second-order valence-corrected chi connectivity index (χ2v) is 7.49. The fraction of sp³-hybridized carbons (Fsp3) is 0.571. The van der Waals surface area contributed by atoms with Gasteiger partial charge >= 0.3 is 6.09 Å². The first-order valence-electron chi connectivity index (χ1n) is 9.64. The van der Waals surface area contributed by atoms with Crippen LogP contribution in [0.3, 0.4) is 0 Å². The van der Waals surface area contributed by atoms with Gasteiger partial charge in [-0.15, -0.1) is 0 Å². The second-order valence-electron chi connectivity index (χ2n) is 7.05. The lowest BCUT2D eigenvalue weighted by Crippen LogP contribution is -2.32. The summed E-state index contributed by atoms with van der Waals surface area (Å²) in [6, 6.07) is 6.85. The molecular formula is C21H31ClN2O2. The maximum absolute atomic E-state index is 12.1. The van der Waals surface area contributed by atoms with E-state index in [2.05, 4.69) is 24.4 Å². The predicted molar refractivity (Wildman–Crippen MR) is 108 cm³/mol. The molecule has 1 amide bonds. The highest BCUT2D eigenvalue weighted by atomic mass is 35.5. The number of hydrogen-bond donors (Lipinski definition) is 1. The van der Waals surface area contributed by atoms with Gasteiger partial charge in [-0.1, -0.05) is 30.7 Å². The van der Waals surface area contributed by atoms with Crippen molar-refractivity contribution in [1.29, 1.82) is 0 Å². The van der Waals surface area contributed by atoms with E-state index >= 15 is 0 Å². The molecule has 0 unspecified atom stereocenters. The van der Waals surface area contributed by atoms with Crippen molar-refractivity contribution < 1.29 is 9.53 Å². The zero-order chi connectivity index (χ0) is 18.8. The van der Waals surface area contributed by atoms with Crippen molar-refractivity contribution in [2.75, 3.05) is 26.7 Å². The Balaban J connectivity index is 1.65. The minimum Gasteiger partial charge on any atom is -0.410 e. The van der Waals surface area contributed by atoms with Crippen molar-refractivity contribution in [3.05, 3.63) is 41.4 Å². The summed E-state index contributed by atoms with van der Waals surface area (Å²) in [5.74, 6) is 1.95. The molecule has 1 fully saturated rings. The smallest absolute Gasteiger partial charge is 0.410 e. The number of halogens is 1. The van der Waals surface area contributed by atoms with Crippen LogP contribution < -0.4 is 10.1 Å². The van der Waals surface area contributed by atoms with Crippen LogP contribution >= 0.6 is 11.6 Å². The summed E-state index contributed by atoms with van der Waals surface area (Å²) >= 11 is 5.84. The first kappa shape index (κ1) is 20.8. The number of benzene rings is 1. The number of amides is 1. The maximum atomic E-state index is 12.1. The second kappa shape index (κ2) is 11.2. The van der Waals surface area contributed by atoms with Gasteiger partial charge in [-0.05, 0) is 74.8 Å². The van der Waals surface area contributed by atoms with E-state index in [4.69, 9.17) is 16.3 Å². The van der Waals surface area contributed by atoms with Crippen molar-refractivity contribution in [2.24, 2.45) is 11.8 Å². The molecule has 1 aromatic rings. The molecule has 1 N–H and O–H groups in total. The standard InChI is InChI=1S/C21H31ClN2O2/c1-3-23-15-4-5-17-6-8-18(9-7-17)14-16-24(2)21(25)26-20-12-10-19(22)11-13-20/h4-5,10-13,17-18,23H,3,6-9,14-16H2,1-2H3. The van der Waals surface area contributed by atoms with E-state index in [0.29, 0.717) is 16.7 Å². The average molecular weight is 379 g/mol. The van der Waals surface area contributed by atoms with Gasteiger partial charge in [0.2, 0.25) is 0 Å². The van der Waals surface area contributed by atoms with Gasteiger partial charge in [0.15, 0.2) is 0 Å². The molecule has 0 bridgehead atoms. The highest BCUT2D eigenvalue weighted by Crippen LogP contribution is 2.31. The molecule has 4 nitrogen and oxygen atoms in total. The number of hydrogen-bond acceptors (Lipinski definition) is 3. The molecule has 0 aliphatic heterocycles. The Morgan fingerprint density at radius 1 is 1.27 bits per heavy atom. The SMILES string of the molecule is CCNCC=CC1CCC(CCN(C)C(=O)Oc2ccc(Cl)cc2)CC1. The molecule has 26 heavy (non-hydrogen) atoms. The van der Waals surface area contributed by atoms with Crippen molar-refractivity contribution in [1.82, 2.24) is 10.2 Å². The molecule has 0 atom stereocenters. The molecular weight excluding hydrogens is 348 g/mol. The Morgan fingerprint density at radius 3 is 2.62 bits per heavy atom. The zero-order valence-electron chi connectivity index (χ0n) is 15.9. The largest absolute Gasteiger partial charge is 0.414 e. The van der Waals surface area contributed by atoms with E-state index in [1.54, 1.807) is 36.2 Å². The van der Waals surface area contributed by atoms with Gasteiger partial charge in [0, 0.05) is 25.2 Å². The van der Waals surface area contributed by atoms with Gasteiger partial charge in [-0.25, -0.2) is 4.79 Å². The van der Waals surface area contributed by atoms with Gasteiger partial charge in [0.25, 0.3) is 0 Å². The van der Waals surface area contributed by atoms with Crippen LogP contribution in [-0.2, 0) is 0 Å². The van der Waals surface area contributed by atoms with Gasteiger partial charge in [0.05, 0.1) is 0 Å². The number of likely N-dealkylation sites (N-methyl/N-ethyl adjacent to an activating group) is 1. The molecule has 2 rings (SSSR count). The monoisotopic (exact) mass is 378 g/mol. The number of ether oxygens (including phenoxy) is 1. The molecule has 0 radical (unpaired) electrons. The molecule has 1 aliphatic rings. The number of carbonyl (C=O) groups is 1. The zero-order valence-corrected chi connectivity index (χ0v) is 16.7. The Bertz CT molecular complexity index is 566. The lowest BCUT2D eigenvalue weighted by atomic mass is 9.80.